The van der Waals surface area contributed by atoms with Crippen LogP contribution < -0.4 is 5.32 Å². The molecule has 1 N–H and O–H groups in total. The third-order valence-corrected chi connectivity index (χ3v) is 4.67. The summed E-state index contributed by atoms with van der Waals surface area (Å²) < 4.78 is 0. The monoisotopic (exact) mass is 262 g/mol. The van der Waals surface area contributed by atoms with Crippen LogP contribution in [-0.2, 0) is 4.79 Å². The normalized spacial score (nSPS) is 22.4. The minimum absolute atomic E-state index is 0.318. The second-order valence-electron chi connectivity index (χ2n) is 4.86. The maximum atomic E-state index is 12.3. The highest BCUT2D eigenvalue weighted by atomic mass is 32.2. The summed E-state index contributed by atoms with van der Waals surface area (Å²) in [6.07, 6.45) is 0.648. The molecule has 1 atom stereocenters. The molecule has 3 nitrogen and oxygen atoms in total. The van der Waals surface area contributed by atoms with Crippen LogP contribution in [0, 0.1) is 0 Å². The first-order valence-corrected chi connectivity index (χ1v) is 7.68. The fourth-order valence-electron chi connectivity index (χ4n) is 2.69. The second-order valence-corrected chi connectivity index (χ2v) is 6.09. The van der Waals surface area contributed by atoms with Crippen molar-refractivity contribution in [3.8, 4) is 0 Å². The van der Waals surface area contributed by atoms with Crippen LogP contribution in [0.4, 0.5) is 5.69 Å². The lowest BCUT2D eigenvalue weighted by molar-refractivity contribution is -0.131. The van der Waals surface area contributed by atoms with Crippen LogP contribution in [-0.4, -0.2) is 41.9 Å². The number of benzene rings is 1. The molecule has 0 saturated carbocycles. The molecule has 1 saturated heterocycles. The molecule has 2 aliphatic heterocycles. The quantitative estimate of drug-likeness (QED) is 0.886. The SMILES string of the molecule is O=C(CC1CNc2ccccc21)N1CCSCC1. The fourth-order valence-corrected chi connectivity index (χ4v) is 3.59. The van der Waals surface area contributed by atoms with Crippen LogP contribution >= 0.6 is 11.8 Å². The molecule has 4 heteroatoms. The van der Waals surface area contributed by atoms with Crippen molar-refractivity contribution in [2.45, 2.75) is 12.3 Å². The van der Waals surface area contributed by atoms with Crippen LogP contribution in [0.3, 0.4) is 0 Å². The minimum Gasteiger partial charge on any atom is -0.384 e. The van der Waals surface area contributed by atoms with Crippen LogP contribution in [0.5, 0.6) is 0 Å². The van der Waals surface area contributed by atoms with E-state index in [1.54, 1.807) is 0 Å². The first-order chi connectivity index (χ1) is 8.84. The van der Waals surface area contributed by atoms with Gasteiger partial charge in [-0.25, -0.2) is 0 Å². The van der Waals surface area contributed by atoms with Gasteiger partial charge >= 0.3 is 0 Å². The second kappa shape index (κ2) is 5.22. The molecule has 2 aliphatic rings. The molecular formula is C14H18N2OS. The Bertz CT molecular complexity index is 443. The first-order valence-electron chi connectivity index (χ1n) is 6.53. The maximum Gasteiger partial charge on any atom is 0.223 e. The summed E-state index contributed by atoms with van der Waals surface area (Å²) in [4.78, 5) is 14.3. The van der Waals surface area contributed by atoms with Gasteiger partial charge in [-0.15, -0.1) is 0 Å². The van der Waals surface area contributed by atoms with Gasteiger partial charge in [-0.1, -0.05) is 18.2 Å². The summed E-state index contributed by atoms with van der Waals surface area (Å²) in [6.45, 7) is 2.74. The summed E-state index contributed by atoms with van der Waals surface area (Å²) >= 11 is 1.94. The first kappa shape index (κ1) is 11.9. The third kappa shape index (κ3) is 2.34. The number of nitrogens with one attached hydrogen (secondary N) is 1. The summed E-state index contributed by atoms with van der Waals surface area (Å²) in [7, 11) is 0. The Labute approximate surface area is 112 Å². The van der Waals surface area contributed by atoms with E-state index in [1.807, 2.05) is 22.7 Å². The minimum atomic E-state index is 0.318. The Balaban J connectivity index is 1.65. The molecule has 0 aliphatic carbocycles. The smallest absolute Gasteiger partial charge is 0.223 e. The molecule has 1 aromatic carbocycles. The third-order valence-electron chi connectivity index (χ3n) is 3.72. The molecule has 0 aromatic heterocycles. The van der Waals surface area contributed by atoms with Crippen molar-refractivity contribution < 1.29 is 4.79 Å². The number of carbonyl (C=O) groups is 1. The van der Waals surface area contributed by atoms with Crippen molar-refractivity contribution in [2.24, 2.45) is 0 Å². The van der Waals surface area contributed by atoms with Crippen molar-refractivity contribution in [1.29, 1.82) is 0 Å². The molecule has 1 amide bonds. The zero-order chi connectivity index (χ0) is 12.4. The van der Waals surface area contributed by atoms with Crippen molar-refractivity contribution in [1.82, 2.24) is 4.90 Å². The van der Waals surface area contributed by atoms with Crippen LogP contribution in [0.15, 0.2) is 24.3 Å². The van der Waals surface area contributed by atoms with Crippen molar-refractivity contribution >= 4 is 23.4 Å². The van der Waals surface area contributed by atoms with Crippen LogP contribution in [0.1, 0.15) is 17.9 Å². The van der Waals surface area contributed by atoms with Crippen LogP contribution in [0.2, 0.25) is 0 Å². The zero-order valence-electron chi connectivity index (χ0n) is 10.4. The molecular weight excluding hydrogens is 244 g/mol. The molecule has 1 aromatic rings. The summed E-state index contributed by atoms with van der Waals surface area (Å²) in [5, 5.41) is 3.38. The fraction of sp³-hybridized carbons (Fsp3) is 0.500. The number of anilines is 1. The van der Waals surface area contributed by atoms with E-state index < -0.39 is 0 Å². The van der Waals surface area contributed by atoms with E-state index in [0.717, 1.165) is 31.1 Å². The number of para-hydroxylation sites is 1. The predicted octanol–water partition coefficient (Wildman–Crippen LogP) is 2.16. The Morgan fingerprint density at radius 3 is 2.94 bits per heavy atom. The van der Waals surface area contributed by atoms with Gasteiger partial charge in [0.05, 0.1) is 0 Å². The highest BCUT2D eigenvalue weighted by Gasteiger charge is 2.26. The Kier molecular flexibility index (Phi) is 3.46. The van der Waals surface area contributed by atoms with Gasteiger partial charge in [-0.2, -0.15) is 11.8 Å². The van der Waals surface area contributed by atoms with Crippen molar-refractivity contribution in [3.63, 3.8) is 0 Å². The lowest BCUT2D eigenvalue weighted by Gasteiger charge is -2.27. The summed E-state index contributed by atoms with van der Waals surface area (Å²) in [5.74, 6) is 2.85. The highest BCUT2D eigenvalue weighted by Crippen LogP contribution is 2.33. The Hall–Kier alpha value is -1.16. The van der Waals surface area contributed by atoms with E-state index in [9.17, 15) is 4.79 Å². The summed E-state index contributed by atoms with van der Waals surface area (Å²) in [6, 6.07) is 8.33. The molecule has 0 spiro atoms. The number of hydrogen-bond acceptors (Lipinski definition) is 3. The van der Waals surface area contributed by atoms with Gasteiger partial charge < -0.3 is 10.2 Å². The summed E-state index contributed by atoms with van der Waals surface area (Å²) in [5.41, 5.74) is 2.50. The van der Waals surface area contributed by atoms with Crippen molar-refractivity contribution in [2.75, 3.05) is 36.5 Å². The van der Waals surface area contributed by atoms with E-state index in [0.29, 0.717) is 18.2 Å². The molecule has 2 heterocycles. The molecule has 18 heavy (non-hydrogen) atoms. The lowest BCUT2D eigenvalue weighted by atomic mass is 9.97. The number of thioether (sulfide) groups is 1. The van der Waals surface area contributed by atoms with Gasteiger partial charge in [-0.3, -0.25) is 4.79 Å². The lowest BCUT2D eigenvalue weighted by Crippen LogP contribution is -2.38. The van der Waals surface area contributed by atoms with Gasteiger partial charge in [-0.05, 0) is 11.6 Å². The zero-order valence-corrected chi connectivity index (χ0v) is 11.2. The van der Waals surface area contributed by atoms with Crippen LogP contribution in [0.25, 0.3) is 0 Å². The number of fused-ring (bicyclic) bond motifs is 1. The van der Waals surface area contributed by atoms with Gasteiger partial charge in [0.1, 0.15) is 0 Å². The van der Waals surface area contributed by atoms with E-state index >= 15 is 0 Å². The number of amides is 1. The maximum absolute atomic E-state index is 12.3. The number of hydrogen-bond donors (Lipinski definition) is 1. The highest BCUT2D eigenvalue weighted by molar-refractivity contribution is 7.99. The largest absolute Gasteiger partial charge is 0.384 e. The van der Waals surface area contributed by atoms with Gasteiger partial charge in [0.2, 0.25) is 5.91 Å². The van der Waals surface area contributed by atoms with E-state index in [4.69, 9.17) is 0 Å². The van der Waals surface area contributed by atoms with Gasteiger partial charge in [0.15, 0.2) is 0 Å². The predicted molar refractivity (Wildman–Crippen MR) is 76.2 cm³/mol. The Morgan fingerprint density at radius 2 is 2.11 bits per heavy atom. The van der Waals surface area contributed by atoms with E-state index in [1.165, 1.54) is 11.3 Å². The molecule has 1 unspecified atom stereocenters. The van der Waals surface area contributed by atoms with E-state index in [2.05, 4.69) is 23.5 Å². The van der Waals surface area contributed by atoms with E-state index in [-0.39, 0.29) is 0 Å². The molecule has 0 bridgehead atoms. The number of rotatable bonds is 2. The molecule has 1 fully saturated rings. The molecule has 3 rings (SSSR count). The average molecular weight is 262 g/mol. The average Bonchev–Trinajstić information content (AvgIpc) is 2.83. The number of nitrogens with zero attached hydrogens (tertiary/aromatic N) is 1. The van der Waals surface area contributed by atoms with Gasteiger partial charge in [0.25, 0.3) is 0 Å². The Morgan fingerprint density at radius 1 is 1.33 bits per heavy atom. The van der Waals surface area contributed by atoms with Gasteiger partial charge in [0, 0.05) is 49.2 Å². The van der Waals surface area contributed by atoms with Crippen molar-refractivity contribution in [3.05, 3.63) is 29.8 Å². The standard InChI is InChI=1S/C14H18N2OS/c17-14(16-5-7-18-8-6-16)9-11-10-15-13-4-2-1-3-12(11)13/h1-4,11,15H,5-10H2. The molecule has 0 radical (unpaired) electrons. The molecule has 96 valence electrons. The topological polar surface area (TPSA) is 32.3 Å². The number of carbonyl (C=O) groups excluding carboxylic acids is 1.